The Balaban J connectivity index is 1.44. The minimum Gasteiger partial charge on any atom is -0.493 e. The highest BCUT2D eigenvalue weighted by atomic mass is 19.1. The van der Waals surface area contributed by atoms with Gasteiger partial charge in [0.1, 0.15) is 29.0 Å². The van der Waals surface area contributed by atoms with Crippen molar-refractivity contribution in [3.63, 3.8) is 0 Å². The average molecular weight is 509 g/mol. The lowest BCUT2D eigenvalue weighted by Crippen LogP contribution is -2.12. The maximum Gasteiger partial charge on any atom is 0.166 e. The third-order valence-corrected chi connectivity index (χ3v) is 5.54. The summed E-state index contributed by atoms with van der Waals surface area (Å²) in [5.74, 6) is -2.02. The van der Waals surface area contributed by atoms with Crippen LogP contribution in [0, 0.1) is 17.5 Å². The van der Waals surface area contributed by atoms with Crippen LogP contribution in [-0.2, 0) is 22.4 Å². The van der Waals surface area contributed by atoms with E-state index in [2.05, 4.69) is 4.98 Å². The SMILES string of the molecule is COc1cc2nccc(Oc3ccc(CC(=O)CC(=O)Cc4cc(F)cc(F)c4)cc3F)c2cc1OC. The lowest BCUT2D eigenvalue weighted by atomic mass is 10.0. The minimum atomic E-state index is -0.800. The van der Waals surface area contributed by atoms with Crippen molar-refractivity contribution in [1.29, 1.82) is 0 Å². The van der Waals surface area contributed by atoms with E-state index in [1.54, 1.807) is 18.2 Å². The Labute approximate surface area is 210 Å². The molecule has 1 heterocycles. The zero-order chi connectivity index (χ0) is 26.5. The lowest BCUT2D eigenvalue weighted by Gasteiger charge is -2.13. The van der Waals surface area contributed by atoms with Crippen molar-refractivity contribution in [2.75, 3.05) is 14.2 Å². The molecule has 1 aromatic heterocycles. The van der Waals surface area contributed by atoms with E-state index < -0.39 is 35.4 Å². The molecule has 4 aromatic rings. The Morgan fingerprint density at radius 2 is 1.38 bits per heavy atom. The van der Waals surface area contributed by atoms with E-state index in [1.807, 2.05) is 0 Å². The van der Waals surface area contributed by atoms with E-state index in [0.29, 0.717) is 39.8 Å². The molecule has 37 heavy (non-hydrogen) atoms. The Morgan fingerprint density at radius 3 is 2.03 bits per heavy atom. The van der Waals surface area contributed by atoms with Crippen molar-refractivity contribution >= 4 is 22.5 Å². The smallest absolute Gasteiger partial charge is 0.166 e. The maximum absolute atomic E-state index is 14.8. The molecule has 0 N–H and O–H groups in total. The number of hydrogen-bond donors (Lipinski definition) is 0. The summed E-state index contributed by atoms with van der Waals surface area (Å²) in [5.41, 5.74) is 1.05. The highest BCUT2D eigenvalue weighted by Crippen LogP contribution is 2.37. The number of rotatable bonds is 10. The molecule has 9 heteroatoms. The molecule has 0 radical (unpaired) electrons. The van der Waals surface area contributed by atoms with Crippen LogP contribution in [0.3, 0.4) is 0 Å². The van der Waals surface area contributed by atoms with E-state index in [4.69, 9.17) is 14.2 Å². The van der Waals surface area contributed by atoms with Crippen LogP contribution in [0.1, 0.15) is 17.5 Å². The Hall–Kier alpha value is -4.40. The predicted molar refractivity (Wildman–Crippen MR) is 130 cm³/mol. The number of methoxy groups -OCH3 is 2. The molecule has 0 bridgehead atoms. The first-order chi connectivity index (χ1) is 17.7. The van der Waals surface area contributed by atoms with Crippen molar-refractivity contribution in [3.05, 3.63) is 89.4 Å². The molecule has 0 aliphatic heterocycles. The molecule has 6 nitrogen and oxygen atoms in total. The van der Waals surface area contributed by atoms with Crippen LogP contribution in [0.4, 0.5) is 13.2 Å². The summed E-state index contributed by atoms with van der Waals surface area (Å²) in [6, 6.07) is 11.8. The normalized spacial score (nSPS) is 10.8. The molecule has 0 aliphatic carbocycles. The molecule has 190 valence electrons. The number of carbonyl (C=O) groups is 2. The summed E-state index contributed by atoms with van der Waals surface area (Å²) in [6.07, 6.45) is 0.615. The van der Waals surface area contributed by atoms with E-state index in [0.717, 1.165) is 18.2 Å². The first-order valence-corrected chi connectivity index (χ1v) is 11.2. The van der Waals surface area contributed by atoms with Gasteiger partial charge in [-0.15, -0.1) is 0 Å². The summed E-state index contributed by atoms with van der Waals surface area (Å²) in [6.45, 7) is 0. The van der Waals surface area contributed by atoms with Crippen LogP contribution in [0.25, 0.3) is 10.9 Å². The van der Waals surface area contributed by atoms with Gasteiger partial charge in [-0.05, 0) is 47.5 Å². The summed E-state index contributed by atoms with van der Waals surface area (Å²) in [5, 5.41) is 0.579. The monoisotopic (exact) mass is 509 g/mol. The van der Waals surface area contributed by atoms with Gasteiger partial charge in [0.15, 0.2) is 23.1 Å². The Kier molecular flexibility index (Phi) is 7.71. The molecular formula is C28H22F3NO5. The van der Waals surface area contributed by atoms with Gasteiger partial charge in [-0.25, -0.2) is 13.2 Å². The summed E-state index contributed by atoms with van der Waals surface area (Å²) in [4.78, 5) is 28.8. The van der Waals surface area contributed by atoms with Crippen LogP contribution < -0.4 is 14.2 Å². The van der Waals surface area contributed by atoms with Gasteiger partial charge in [0, 0.05) is 36.6 Å². The molecule has 0 fully saturated rings. The van der Waals surface area contributed by atoms with Crippen LogP contribution in [0.15, 0.2) is 60.8 Å². The number of ether oxygens (including phenoxy) is 3. The maximum atomic E-state index is 14.8. The molecule has 3 aromatic carbocycles. The number of hydrogen-bond acceptors (Lipinski definition) is 6. The first-order valence-electron chi connectivity index (χ1n) is 11.2. The quantitative estimate of drug-likeness (QED) is 0.253. The van der Waals surface area contributed by atoms with E-state index in [-0.39, 0.29) is 24.2 Å². The van der Waals surface area contributed by atoms with Gasteiger partial charge in [0.05, 0.1) is 26.2 Å². The van der Waals surface area contributed by atoms with E-state index >= 15 is 0 Å². The lowest BCUT2D eigenvalue weighted by molar-refractivity contribution is -0.126. The van der Waals surface area contributed by atoms with Crippen molar-refractivity contribution in [2.24, 2.45) is 0 Å². The zero-order valence-corrected chi connectivity index (χ0v) is 20.0. The van der Waals surface area contributed by atoms with Gasteiger partial charge < -0.3 is 14.2 Å². The summed E-state index contributed by atoms with van der Waals surface area (Å²) >= 11 is 0. The number of fused-ring (bicyclic) bond motifs is 1. The second kappa shape index (κ2) is 11.1. The average Bonchev–Trinajstić information content (AvgIpc) is 2.84. The van der Waals surface area contributed by atoms with Gasteiger partial charge >= 0.3 is 0 Å². The number of halogens is 3. The fraction of sp³-hybridized carbons (Fsp3) is 0.179. The van der Waals surface area contributed by atoms with Crippen LogP contribution in [0.5, 0.6) is 23.0 Å². The molecule has 0 amide bonds. The Morgan fingerprint density at radius 1 is 0.730 bits per heavy atom. The number of aromatic nitrogens is 1. The predicted octanol–water partition coefficient (Wildman–Crippen LogP) is 5.78. The molecule has 0 atom stereocenters. The molecule has 0 spiro atoms. The molecular weight excluding hydrogens is 487 g/mol. The van der Waals surface area contributed by atoms with Crippen molar-refractivity contribution in [3.8, 4) is 23.0 Å². The summed E-state index contributed by atoms with van der Waals surface area (Å²) < 4.78 is 57.8. The molecule has 0 unspecified atom stereocenters. The standard InChI is InChI=1S/C28H22F3NO5/c1-35-27-14-22-24(15-28(27)36-2)32-6-5-25(22)37-26-4-3-16(11-23(26)31)9-20(33)13-21(34)10-17-7-18(29)12-19(30)8-17/h3-8,11-12,14-15H,9-10,13H2,1-2H3. The van der Waals surface area contributed by atoms with Gasteiger partial charge in [0.25, 0.3) is 0 Å². The fourth-order valence-corrected chi connectivity index (χ4v) is 3.91. The zero-order valence-electron chi connectivity index (χ0n) is 20.0. The molecule has 0 saturated heterocycles. The van der Waals surface area contributed by atoms with Crippen LogP contribution >= 0.6 is 0 Å². The van der Waals surface area contributed by atoms with Crippen molar-refractivity contribution < 1.29 is 37.0 Å². The number of nitrogens with zero attached hydrogens (tertiary/aromatic N) is 1. The number of carbonyl (C=O) groups excluding carboxylic acids is 2. The highest BCUT2D eigenvalue weighted by Gasteiger charge is 2.16. The van der Waals surface area contributed by atoms with Crippen molar-refractivity contribution in [1.82, 2.24) is 4.98 Å². The largest absolute Gasteiger partial charge is 0.493 e. The number of pyridine rings is 1. The highest BCUT2D eigenvalue weighted by molar-refractivity contribution is 6.00. The molecule has 4 rings (SSSR count). The second-order valence-electron chi connectivity index (χ2n) is 8.29. The third-order valence-electron chi connectivity index (χ3n) is 5.54. The van der Waals surface area contributed by atoms with Gasteiger partial charge in [0.2, 0.25) is 0 Å². The van der Waals surface area contributed by atoms with Crippen molar-refractivity contribution in [2.45, 2.75) is 19.3 Å². The number of ketones is 2. The van der Waals surface area contributed by atoms with Crippen LogP contribution in [0.2, 0.25) is 0 Å². The van der Waals surface area contributed by atoms with Gasteiger partial charge in [-0.2, -0.15) is 0 Å². The van der Waals surface area contributed by atoms with E-state index in [9.17, 15) is 22.8 Å². The third kappa shape index (κ3) is 6.24. The minimum absolute atomic E-state index is 0.0670. The van der Waals surface area contributed by atoms with Crippen LogP contribution in [-0.4, -0.2) is 30.8 Å². The fourth-order valence-electron chi connectivity index (χ4n) is 3.91. The Bertz CT molecular complexity index is 1470. The summed E-state index contributed by atoms with van der Waals surface area (Å²) in [7, 11) is 3.00. The number of benzene rings is 3. The van der Waals surface area contributed by atoms with Gasteiger partial charge in [-0.3, -0.25) is 14.6 Å². The number of Topliss-reactive ketones (excluding diaryl/α,β-unsaturated/α-hetero) is 2. The topological polar surface area (TPSA) is 74.7 Å². The molecule has 0 aliphatic rings. The molecule has 0 saturated carbocycles. The van der Waals surface area contributed by atoms with Gasteiger partial charge in [-0.1, -0.05) is 6.07 Å². The second-order valence-corrected chi connectivity index (χ2v) is 8.29. The first kappa shape index (κ1) is 25.7. The van der Waals surface area contributed by atoms with E-state index in [1.165, 1.54) is 32.5 Å².